The number of hydrogen-bond donors (Lipinski definition) is 3. The van der Waals surface area contributed by atoms with Crippen LogP contribution in [0.4, 0.5) is 0 Å². The normalized spacial score (nSPS) is 42.6. The predicted octanol–water partition coefficient (Wildman–Crippen LogP) is 1.94. The summed E-state index contributed by atoms with van der Waals surface area (Å²) in [5.74, 6) is -4.32. The van der Waals surface area contributed by atoms with Crippen LogP contribution in [-0.2, 0) is 33.4 Å². The van der Waals surface area contributed by atoms with Crippen molar-refractivity contribution < 1.29 is 43.6 Å². The Hall–Kier alpha value is -2.14. The van der Waals surface area contributed by atoms with Gasteiger partial charge in [0.15, 0.2) is 17.9 Å². The van der Waals surface area contributed by atoms with Gasteiger partial charge in [-0.05, 0) is 38.7 Å². The van der Waals surface area contributed by atoms with Crippen LogP contribution in [0.5, 0.6) is 0 Å². The number of cyclic esters (lactones) is 1. The van der Waals surface area contributed by atoms with Gasteiger partial charge in [-0.2, -0.15) is 0 Å². The first-order valence-electron chi connectivity index (χ1n) is 13.6. The summed E-state index contributed by atoms with van der Waals surface area (Å²) in [5.41, 5.74) is 0. The Bertz CT molecular complexity index is 890. The molecule has 2 aliphatic rings. The smallest absolute Gasteiger partial charge is 0.316 e. The zero-order chi connectivity index (χ0) is 28.9. The molecule has 1 unspecified atom stereocenters. The third-order valence-electron chi connectivity index (χ3n) is 7.83. The van der Waals surface area contributed by atoms with Crippen molar-refractivity contribution in [1.29, 1.82) is 0 Å². The molecule has 0 spiro atoms. The van der Waals surface area contributed by atoms with E-state index in [1.54, 1.807) is 26.8 Å². The lowest BCUT2D eigenvalue weighted by Gasteiger charge is -2.44. The number of aliphatic hydroxyl groups is 2. The van der Waals surface area contributed by atoms with Crippen molar-refractivity contribution >= 4 is 23.4 Å². The van der Waals surface area contributed by atoms with E-state index in [0.717, 1.165) is 0 Å². The number of carbonyl (C=O) groups is 4. The summed E-state index contributed by atoms with van der Waals surface area (Å²) < 4.78 is 17.7. The summed E-state index contributed by atoms with van der Waals surface area (Å²) in [5, 5.41) is 24.0. The molecule has 10 heteroatoms. The summed E-state index contributed by atoms with van der Waals surface area (Å²) in [6.45, 7) is 13.5. The Morgan fingerprint density at radius 1 is 1.08 bits per heavy atom. The van der Waals surface area contributed by atoms with Crippen LogP contribution < -0.4 is 5.32 Å². The first kappa shape index (κ1) is 32.1. The first-order chi connectivity index (χ1) is 17.7. The number of esters is 1. The minimum atomic E-state index is -1.51. The maximum absolute atomic E-state index is 13.5. The number of hydrogen-bond acceptors (Lipinski definition) is 9. The van der Waals surface area contributed by atoms with Crippen LogP contribution in [0.3, 0.4) is 0 Å². The quantitative estimate of drug-likeness (QED) is 0.360. The van der Waals surface area contributed by atoms with Gasteiger partial charge in [0.1, 0.15) is 24.2 Å². The summed E-state index contributed by atoms with van der Waals surface area (Å²) in [6.07, 6.45) is -2.06. The molecule has 1 fully saturated rings. The number of Topliss-reactive ketones (excluding diaryl/α,β-unsaturated/α-hetero) is 1. The molecule has 3 N–H and O–H groups in total. The topological polar surface area (TPSA) is 148 Å². The largest absolute Gasteiger partial charge is 0.461 e. The molecule has 10 nitrogen and oxygen atoms in total. The van der Waals surface area contributed by atoms with Gasteiger partial charge in [-0.15, -0.1) is 0 Å². The van der Waals surface area contributed by atoms with Crippen molar-refractivity contribution in [3.05, 3.63) is 12.2 Å². The maximum atomic E-state index is 13.5. The van der Waals surface area contributed by atoms with E-state index in [4.69, 9.17) is 14.2 Å². The molecule has 0 aromatic heterocycles. The van der Waals surface area contributed by atoms with Gasteiger partial charge in [-0.1, -0.05) is 40.7 Å². The standard InChI is InChI=1S/C28H45NO9/c1-9-21-13(2)10-11-20(31)14(3)12-15(4)26(16(5)23(32)17(6)27(35)37-21)38-28-25(34)24(33)22(18(7)36-28)29-19(8)30/h10-11,13-18,21-22,24-26,28,33-34H,9,12H2,1-8H3,(H,29,30)/b11-10+/t13-,14-,15+,16+,17-,18-,21?,22-,24+,25-,26+,28+/m1/s1. The number of carbonyl (C=O) groups excluding carboxylic acids is 4. The Morgan fingerprint density at radius 3 is 2.29 bits per heavy atom. The maximum Gasteiger partial charge on any atom is 0.316 e. The number of ether oxygens (including phenoxy) is 3. The molecule has 2 rings (SSSR count). The lowest BCUT2D eigenvalue weighted by Crippen LogP contribution is -2.63. The molecular weight excluding hydrogens is 494 g/mol. The molecule has 0 bridgehead atoms. The summed E-state index contributed by atoms with van der Waals surface area (Å²) in [6, 6.07) is -0.851. The third kappa shape index (κ3) is 7.71. The van der Waals surface area contributed by atoms with Crippen LogP contribution in [0.2, 0.25) is 0 Å². The van der Waals surface area contributed by atoms with Gasteiger partial charge < -0.3 is 29.7 Å². The molecule has 2 aliphatic heterocycles. The zero-order valence-corrected chi connectivity index (χ0v) is 23.7. The average Bonchev–Trinajstić information content (AvgIpc) is 2.86. The Morgan fingerprint density at radius 2 is 1.71 bits per heavy atom. The van der Waals surface area contributed by atoms with E-state index < -0.39 is 66.4 Å². The van der Waals surface area contributed by atoms with E-state index in [1.165, 1.54) is 19.9 Å². The minimum absolute atomic E-state index is 0.0934. The van der Waals surface area contributed by atoms with E-state index in [9.17, 15) is 29.4 Å². The highest BCUT2D eigenvalue weighted by Gasteiger charge is 2.46. The van der Waals surface area contributed by atoms with Crippen LogP contribution in [0, 0.1) is 29.6 Å². The van der Waals surface area contributed by atoms with Crippen LogP contribution in [0.15, 0.2) is 12.2 Å². The number of nitrogens with one attached hydrogen (secondary N) is 1. The Kier molecular flexibility index (Phi) is 11.6. The average molecular weight is 540 g/mol. The van der Waals surface area contributed by atoms with Gasteiger partial charge in [0.2, 0.25) is 5.91 Å². The van der Waals surface area contributed by atoms with Crippen LogP contribution in [0.25, 0.3) is 0 Å². The van der Waals surface area contributed by atoms with Crippen molar-refractivity contribution in [2.45, 2.75) is 111 Å². The van der Waals surface area contributed by atoms with E-state index in [2.05, 4.69) is 5.32 Å². The molecular formula is C28H45NO9. The lowest BCUT2D eigenvalue weighted by atomic mass is 9.80. The van der Waals surface area contributed by atoms with E-state index in [1.807, 2.05) is 20.8 Å². The lowest BCUT2D eigenvalue weighted by molar-refractivity contribution is -0.293. The molecule has 1 saturated heterocycles. The van der Waals surface area contributed by atoms with Crippen molar-refractivity contribution in [3.8, 4) is 0 Å². The summed E-state index contributed by atoms with van der Waals surface area (Å²) in [7, 11) is 0. The van der Waals surface area contributed by atoms with Gasteiger partial charge in [-0.3, -0.25) is 19.2 Å². The van der Waals surface area contributed by atoms with Gasteiger partial charge in [0.25, 0.3) is 0 Å². The highest BCUT2D eigenvalue weighted by Crippen LogP contribution is 2.32. The van der Waals surface area contributed by atoms with Gasteiger partial charge in [0, 0.05) is 24.7 Å². The van der Waals surface area contributed by atoms with Gasteiger partial charge >= 0.3 is 5.97 Å². The molecule has 0 radical (unpaired) electrons. The van der Waals surface area contributed by atoms with Crippen molar-refractivity contribution in [3.63, 3.8) is 0 Å². The molecule has 0 aromatic carbocycles. The highest BCUT2D eigenvalue weighted by molar-refractivity contribution is 6.00. The monoisotopic (exact) mass is 539 g/mol. The molecule has 38 heavy (non-hydrogen) atoms. The third-order valence-corrected chi connectivity index (χ3v) is 7.83. The van der Waals surface area contributed by atoms with Crippen LogP contribution >= 0.6 is 0 Å². The number of rotatable bonds is 4. The van der Waals surface area contributed by atoms with Crippen molar-refractivity contribution in [2.75, 3.05) is 0 Å². The molecule has 12 atom stereocenters. The van der Waals surface area contributed by atoms with E-state index in [0.29, 0.717) is 12.8 Å². The first-order valence-corrected chi connectivity index (χ1v) is 13.6. The van der Waals surface area contributed by atoms with Gasteiger partial charge in [0.05, 0.1) is 18.2 Å². The minimum Gasteiger partial charge on any atom is -0.461 e. The number of amides is 1. The molecule has 2 heterocycles. The molecule has 216 valence electrons. The highest BCUT2D eigenvalue weighted by atomic mass is 16.7. The number of ketones is 2. The van der Waals surface area contributed by atoms with Crippen molar-refractivity contribution in [1.82, 2.24) is 5.32 Å². The van der Waals surface area contributed by atoms with Gasteiger partial charge in [-0.25, -0.2) is 0 Å². The number of allylic oxidation sites excluding steroid dienone is 1. The van der Waals surface area contributed by atoms with Crippen molar-refractivity contribution in [2.24, 2.45) is 29.6 Å². The fraction of sp³-hybridized carbons (Fsp3) is 0.786. The van der Waals surface area contributed by atoms with Crippen LogP contribution in [-0.4, -0.2) is 76.5 Å². The second kappa shape index (κ2) is 13.8. The van der Waals surface area contributed by atoms with Crippen LogP contribution in [0.1, 0.15) is 68.2 Å². The Balaban J connectivity index is 2.38. The summed E-state index contributed by atoms with van der Waals surface area (Å²) in [4.78, 5) is 50.8. The summed E-state index contributed by atoms with van der Waals surface area (Å²) >= 11 is 0. The zero-order valence-electron chi connectivity index (χ0n) is 23.7. The predicted molar refractivity (Wildman–Crippen MR) is 139 cm³/mol. The number of aliphatic hydroxyl groups excluding tert-OH is 2. The second-order valence-corrected chi connectivity index (χ2v) is 11.0. The fourth-order valence-corrected chi connectivity index (χ4v) is 5.31. The second-order valence-electron chi connectivity index (χ2n) is 11.0. The molecule has 0 aromatic rings. The SMILES string of the molecule is CCC1OC(=O)[C@H](C)C(=O)[C@H](C)[C@@H](O[C@@H]2O[C@H](C)[C@@H](NC(C)=O)[C@H](O)[C@H]2O)[C@@H](C)C[C@@H](C)C(=O)/C=C/[C@H]1C. The Labute approximate surface area is 225 Å². The molecule has 0 saturated carbocycles. The van der Waals surface area contributed by atoms with E-state index in [-0.39, 0.29) is 29.4 Å². The fourth-order valence-electron chi connectivity index (χ4n) is 5.31. The molecule has 1 amide bonds. The molecule has 0 aliphatic carbocycles. The van der Waals surface area contributed by atoms with E-state index >= 15 is 0 Å².